The van der Waals surface area contributed by atoms with Crippen LogP contribution in [0, 0.1) is 36.5 Å². The highest BCUT2D eigenvalue weighted by Crippen LogP contribution is 2.28. The topological polar surface area (TPSA) is 106 Å². The molecule has 2 aromatic rings. The van der Waals surface area contributed by atoms with Gasteiger partial charge in [-0.05, 0) is 60.4 Å². The minimum atomic E-state index is -0.336. The van der Waals surface area contributed by atoms with Crippen LogP contribution < -0.4 is 10.6 Å². The Morgan fingerprint density at radius 3 is 1.50 bits per heavy atom. The molecule has 6 nitrogen and oxygen atoms in total. The molecule has 26 heavy (non-hydrogen) atoms. The molecule has 0 saturated carbocycles. The summed E-state index contributed by atoms with van der Waals surface area (Å²) in [4.78, 5) is 23.1. The van der Waals surface area contributed by atoms with Crippen LogP contribution in [0.5, 0.6) is 0 Å². The van der Waals surface area contributed by atoms with Crippen molar-refractivity contribution in [2.75, 3.05) is 10.6 Å². The SMILES string of the molecule is Cc1cc(-c2ccc(NC(=O)CC#N)c(C)c2)ccc1NC(=O)CC#N. The van der Waals surface area contributed by atoms with Gasteiger partial charge in [0.1, 0.15) is 12.8 Å². The normalized spacial score (nSPS) is 9.69. The molecule has 0 saturated heterocycles. The Balaban J connectivity index is 2.21. The fraction of sp³-hybridized carbons (Fsp3) is 0.200. The number of carbonyl (C=O) groups excluding carboxylic acids is 2. The van der Waals surface area contributed by atoms with E-state index in [4.69, 9.17) is 10.5 Å². The van der Waals surface area contributed by atoms with Crippen LogP contribution in [0.15, 0.2) is 36.4 Å². The van der Waals surface area contributed by atoms with Gasteiger partial charge in [0.05, 0.1) is 12.1 Å². The third-order valence-corrected chi connectivity index (χ3v) is 3.81. The molecule has 2 aromatic carbocycles. The van der Waals surface area contributed by atoms with E-state index in [-0.39, 0.29) is 24.7 Å². The lowest BCUT2D eigenvalue weighted by atomic mass is 10.00. The van der Waals surface area contributed by atoms with Gasteiger partial charge >= 0.3 is 0 Å². The van der Waals surface area contributed by atoms with Gasteiger partial charge in [0.2, 0.25) is 11.8 Å². The van der Waals surface area contributed by atoms with Crippen LogP contribution in [0.1, 0.15) is 24.0 Å². The van der Waals surface area contributed by atoms with Crippen molar-refractivity contribution >= 4 is 23.2 Å². The molecule has 2 N–H and O–H groups in total. The van der Waals surface area contributed by atoms with E-state index in [1.807, 2.05) is 50.3 Å². The quantitative estimate of drug-likeness (QED) is 0.861. The van der Waals surface area contributed by atoms with Crippen molar-refractivity contribution in [2.45, 2.75) is 26.7 Å². The Hall–Kier alpha value is -3.64. The van der Waals surface area contributed by atoms with E-state index in [0.717, 1.165) is 22.3 Å². The highest BCUT2D eigenvalue weighted by Gasteiger charge is 2.08. The molecule has 0 aliphatic heterocycles. The van der Waals surface area contributed by atoms with Crippen molar-refractivity contribution in [3.8, 4) is 23.3 Å². The Morgan fingerprint density at radius 2 is 1.19 bits per heavy atom. The van der Waals surface area contributed by atoms with E-state index in [1.165, 1.54) is 0 Å². The summed E-state index contributed by atoms with van der Waals surface area (Å²) in [7, 11) is 0. The Kier molecular flexibility index (Phi) is 6.08. The number of rotatable bonds is 5. The zero-order valence-electron chi connectivity index (χ0n) is 14.6. The minimum Gasteiger partial charge on any atom is -0.325 e. The lowest BCUT2D eigenvalue weighted by molar-refractivity contribution is -0.116. The molecule has 2 rings (SSSR count). The first-order valence-corrected chi connectivity index (χ1v) is 8.00. The molecule has 0 unspecified atom stereocenters. The minimum absolute atomic E-state index is 0.181. The average Bonchev–Trinajstić information content (AvgIpc) is 2.59. The smallest absolute Gasteiger partial charge is 0.238 e. The largest absolute Gasteiger partial charge is 0.325 e. The number of anilines is 2. The van der Waals surface area contributed by atoms with Crippen LogP contribution >= 0.6 is 0 Å². The number of hydrogen-bond acceptors (Lipinski definition) is 4. The first-order chi connectivity index (χ1) is 12.4. The van der Waals surface area contributed by atoms with Gasteiger partial charge in [0.15, 0.2) is 0 Å². The van der Waals surface area contributed by atoms with E-state index in [1.54, 1.807) is 12.1 Å². The van der Waals surface area contributed by atoms with Gasteiger partial charge in [-0.2, -0.15) is 10.5 Å². The van der Waals surface area contributed by atoms with Gasteiger partial charge in [0.25, 0.3) is 0 Å². The summed E-state index contributed by atoms with van der Waals surface area (Å²) in [5, 5.41) is 22.5. The van der Waals surface area contributed by atoms with Crippen molar-refractivity contribution < 1.29 is 9.59 Å². The number of benzene rings is 2. The number of amides is 2. The van der Waals surface area contributed by atoms with Crippen molar-refractivity contribution in [3.63, 3.8) is 0 Å². The van der Waals surface area contributed by atoms with Crippen molar-refractivity contribution in [3.05, 3.63) is 47.5 Å². The molecule has 0 aromatic heterocycles. The van der Waals surface area contributed by atoms with Crippen molar-refractivity contribution in [1.29, 1.82) is 10.5 Å². The molecule has 0 bridgehead atoms. The predicted molar refractivity (Wildman–Crippen MR) is 99.1 cm³/mol. The molecule has 130 valence electrons. The lowest BCUT2D eigenvalue weighted by Gasteiger charge is -2.12. The lowest BCUT2D eigenvalue weighted by Crippen LogP contribution is -2.11. The Bertz CT molecular complexity index is 858. The molecule has 6 heteroatoms. The summed E-state index contributed by atoms with van der Waals surface area (Å²) in [5.74, 6) is -0.673. The second-order valence-electron chi connectivity index (χ2n) is 5.83. The summed E-state index contributed by atoms with van der Waals surface area (Å²) in [6, 6.07) is 14.9. The summed E-state index contributed by atoms with van der Waals surface area (Å²) >= 11 is 0. The highest BCUT2D eigenvalue weighted by molar-refractivity contribution is 5.94. The van der Waals surface area contributed by atoms with Crippen molar-refractivity contribution in [2.24, 2.45) is 0 Å². The van der Waals surface area contributed by atoms with E-state index >= 15 is 0 Å². The number of hydrogen-bond donors (Lipinski definition) is 2. The van der Waals surface area contributed by atoms with Gasteiger partial charge < -0.3 is 10.6 Å². The fourth-order valence-electron chi connectivity index (χ4n) is 2.50. The Morgan fingerprint density at radius 1 is 0.808 bits per heavy atom. The number of nitrogens with zero attached hydrogens (tertiary/aromatic N) is 2. The maximum Gasteiger partial charge on any atom is 0.238 e. The maximum absolute atomic E-state index is 11.5. The van der Waals surface area contributed by atoms with Gasteiger partial charge in [0, 0.05) is 11.4 Å². The predicted octanol–water partition coefficient (Wildman–Crippen LogP) is 3.67. The number of carbonyl (C=O) groups is 2. The third kappa shape index (κ3) is 4.68. The molecule has 2 amide bonds. The van der Waals surface area contributed by atoms with E-state index < -0.39 is 0 Å². The van der Waals surface area contributed by atoms with E-state index in [0.29, 0.717) is 11.4 Å². The van der Waals surface area contributed by atoms with Gasteiger partial charge in [-0.25, -0.2) is 0 Å². The summed E-state index contributed by atoms with van der Waals surface area (Å²) < 4.78 is 0. The summed E-state index contributed by atoms with van der Waals surface area (Å²) in [6.45, 7) is 3.77. The standard InChI is InChI=1S/C20H18N4O2/c1-13-11-15(3-5-17(13)23-19(25)7-9-21)16-4-6-18(14(2)12-16)24-20(26)8-10-22/h3-6,11-12H,7-8H2,1-2H3,(H,23,25)(H,24,26). The Labute approximate surface area is 152 Å². The zero-order valence-corrected chi connectivity index (χ0v) is 14.6. The average molecular weight is 346 g/mol. The van der Waals surface area contributed by atoms with Crippen LogP contribution in [-0.2, 0) is 9.59 Å². The van der Waals surface area contributed by atoms with Gasteiger partial charge in [-0.3, -0.25) is 9.59 Å². The monoisotopic (exact) mass is 346 g/mol. The maximum atomic E-state index is 11.5. The first kappa shape index (κ1) is 18.7. The number of nitrogens with one attached hydrogen (secondary N) is 2. The molecule has 0 aliphatic rings. The van der Waals surface area contributed by atoms with Crippen LogP contribution in [0.25, 0.3) is 11.1 Å². The highest BCUT2D eigenvalue weighted by atomic mass is 16.2. The molecule has 0 atom stereocenters. The van der Waals surface area contributed by atoms with Crippen LogP contribution in [-0.4, -0.2) is 11.8 Å². The molecule has 0 spiro atoms. The summed E-state index contributed by atoms with van der Waals surface area (Å²) in [5.41, 5.74) is 5.06. The number of aryl methyl sites for hydroxylation is 2. The summed E-state index contributed by atoms with van der Waals surface area (Å²) in [6.07, 6.45) is -0.362. The van der Waals surface area contributed by atoms with Crippen LogP contribution in [0.2, 0.25) is 0 Å². The fourth-order valence-corrected chi connectivity index (χ4v) is 2.50. The van der Waals surface area contributed by atoms with Crippen LogP contribution in [0.4, 0.5) is 11.4 Å². The van der Waals surface area contributed by atoms with Gasteiger partial charge in [-0.1, -0.05) is 12.1 Å². The zero-order chi connectivity index (χ0) is 19.1. The molecule has 0 aliphatic carbocycles. The molecule has 0 fully saturated rings. The van der Waals surface area contributed by atoms with E-state index in [9.17, 15) is 9.59 Å². The molecular weight excluding hydrogens is 328 g/mol. The molecular formula is C20H18N4O2. The second kappa shape index (κ2) is 8.46. The van der Waals surface area contributed by atoms with E-state index in [2.05, 4.69) is 10.6 Å². The first-order valence-electron chi connectivity index (χ1n) is 8.00. The molecule has 0 heterocycles. The van der Waals surface area contributed by atoms with Gasteiger partial charge in [-0.15, -0.1) is 0 Å². The third-order valence-electron chi connectivity index (χ3n) is 3.81. The second-order valence-corrected chi connectivity index (χ2v) is 5.83. The molecule has 0 radical (unpaired) electrons. The number of nitriles is 2. The van der Waals surface area contributed by atoms with Crippen LogP contribution in [0.3, 0.4) is 0 Å². The van der Waals surface area contributed by atoms with Crippen molar-refractivity contribution in [1.82, 2.24) is 0 Å².